The van der Waals surface area contributed by atoms with Gasteiger partial charge in [0.2, 0.25) is 0 Å². The summed E-state index contributed by atoms with van der Waals surface area (Å²) in [5, 5.41) is 3.27. The summed E-state index contributed by atoms with van der Waals surface area (Å²) < 4.78 is 5.53. The molecule has 3 nitrogen and oxygen atoms in total. The average Bonchev–Trinajstić information content (AvgIpc) is 2.04. The minimum Gasteiger partial charge on any atom is -0.363 e. The molecule has 0 rings (SSSR count). The van der Waals surface area contributed by atoms with Crippen molar-refractivity contribution in [2.75, 3.05) is 19.7 Å². The molecule has 0 aliphatic rings. The zero-order valence-electron chi connectivity index (χ0n) is 8.05. The third-order valence-corrected chi connectivity index (χ3v) is 3.13. The molecule has 4 heteroatoms. The van der Waals surface area contributed by atoms with E-state index in [2.05, 4.69) is 25.0 Å². The molecule has 1 atom stereocenters. The molecule has 0 saturated carbocycles. The van der Waals surface area contributed by atoms with Crippen LogP contribution in [0.2, 0.25) is 13.1 Å². The maximum atomic E-state index is 5.53. The van der Waals surface area contributed by atoms with E-state index in [0.717, 1.165) is 6.54 Å². The molecular formula is C8H20N2OSi. The Morgan fingerprint density at radius 2 is 2.33 bits per heavy atom. The summed E-state index contributed by atoms with van der Waals surface area (Å²) in [5.74, 6) is 0.228. The van der Waals surface area contributed by atoms with E-state index in [1.807, 2.05) is 0 Å². The van der Waals surface area contributed by atoms with E-state index in [1.165, 1.54) is 0 Å². The second-order valence-corrected chi connectivity index (χ2v) is 6.12. The Labute approximate surface area is 76.6 Å². The van der Waals surface area contributed by atoms with Crippen molar-refractivity contribution in [2.24, 2.45) is 5.73 Å². The Morgan fingerprint density at radius 3 is 2.75 bits per heavy atom. The number of hydrogen-bond donors (Lipinski definition) is 2. The van der Waals surface area contributed by atoms with Crippen molar-refractivity contribution in [1.82, 2.24) is 5.32 Å². The van der Waals surface area contributed by atoms with E-state index in [-0.39, 0.29) is 5.85 Å². The maximum absolute atomic E-state index is 5.53. The summed E-state index contributed by atoms with van der Waals surface area (Å²) >= 11 is 0. The zero-order chi connectivity index (χ0) is 9.40. The lowest BCUT2D eigenvalue weighted by molar-refractivity contribution is 0.104. The van der Waals surface area contributed by atoms with Crippen molar-refractivity contribution >= 4 is 8.80 Å². The third kappa shape index (κ3) is 5.48. The first kappa shape index (κ1) is 11.8. The van der Waals surface area contributed by atoms with Crippen LogP contribution in [-0.2, 0) is 4.74 Å². The summed E-state index contributed by atoms with van der Waals surface area (Å²) in [4.78, 5) is 0. The van der Waals surface area contributed by atoms with Gasteiger partial charge >= 0.3 is 0 Å². The topological polar surface area (TPSA) is 47.3 Å². The molecule has 0 aromatic carbocycles. The number of ether oxygens (including phenoxy) is 1. The molecule has 0 heterocycles. The van der Waals surface area contributed by atoms with Crippen molar-refractivity contribution in [1.29, 1.82) is 0 Å². The molecule has 0 spiro atoms. The van der Waals surface area contributed by atoms with Crippen molar-refractivity contribution in [3.05, 3.63) is 12.7 Å². The smallest absolute Gasteiger partial charge is 0.0913 e. The number of rotatable bonds is 7. The Balaban J connectivity index is 3.61. The molecule has 72 valence electrons. The first-order chi connectivity index (χ1) is 5.72. The molecule has 0 bridgehead atoms. The number of hydrogen-bond acceptors (Lipinski definition) is 3. The van der Waals surface area contributed by atoms with Crippen molar-refractivity contribution < 1.29 is 4.74 Å². The fraction of sp³-hybridized carbons (Fsp3) is 0.750. The van der Waals surface area contributed by atoms with Gasteiger partial charge < -0.3 is 10.5 Å². The highest BCUT2D eigenvalue weighted by Gasteiger charge is 2.12. The first-order valence-electron chi connectivity index (χ1n) is 4.38. The molecule has 0 aromatic rings. The molecule has 0 aliphatic heterocycles. The molecule has 0 aliphatic carbocycles. The normalized spacial score (nSPS) is 13.3. The fourth-order valence-electron chi connectivity index (χ4n) is 0.884. The average molecular weight is 188 g/mol. The Morgan fingerprint density at radius 1 is 1.67 bits per heavy atom. The highest BCUT2D eigenvalue weighted by Crippen LogP contribution is 1.94. The van der Waals surface area contributed by atoms with Gasteiger partial charge in [0, 0.05) is 13.1 Å². The Bertz CT molecular complexity index is 120. The van der Waals surface area contributed by atoms with Crippen LogP contribution in [0.25, 0.3) is 0 Å². The predicted octanol–water partition coefficient (Wildman–Crippen LogP) is 0.0893. The van der Waals surface area contributed by atoms with E-state index < -0.39 is 8.80 Å². The molecule has 1 unspecified atom stereocenters. The van der Waals surface area contributed by atoms with Crippen LogP contribution in [-0.4, -0.2) is 34.3 Å². The monoisotopic (exact) mass is 188 g/mol. The third-order valence-electron chi connectivity index (χ3n) is 1.49. The van der Waals surface area contributed by atoms with Gasteiger partial charge in [-0.25, -0.2) is 0 Å². The molecule has 12 heavy (non-hydrogen) atoms. The van der Waals surface area contributed by atoms with E-state index in [1.54, 1.807) is 6.08 Å². The van der Waals surface area contributed by atoms with Gasteiger partial charge in [-0.15, -0.1) is 6.58 Å². The molecule has 0 radical (unpaired) electrons. The van der Waals surface area contributed by atoms with E-state index >= 15 is 0 Å². The van der Waals surface area contributed by atoms with Gasteiger partial charge in [0.15, 0.2) is 0 Å². The van der Waals surface area contributed by atoms with Crippen molar-refractivity contribution in [3.8, 4) is 0 Å². The fourth-order valence-corrected chi connectivity index (χ4v) is 2.02. The van der Waals surface area contributed by atoms with Crippen molar-refractivity contribution in [3.63, 3.8) is 0 Å². The molecule has 0 saturated heterocycles. The molecule has 0 amide bonds. The minimum atomic E-state index is -0.785. The van der Waals surface area contributed by atoms with Crippen LogP contribution < -0.4 is 11.1 Å². The summed E-state index contributed by atoms with van der Waals surface area (Å²) in [6.45, 7) is 10.2. The van der Waals surface area contributed by atoms with Gasteiger partial charge in [-0.1, -0.05) is 19.2 Å². The van der Waals surface area contributed by atoms with Crippen LogP contribution >= 0.6 is 0 Å². The van der Waals surface area contributed by atoms with Crippen LogP contribution in [0.1, 0.15) is 0 Å². The van der Waals surface area contributed by atoms with Crippen LogP contribution in [0.3, 0.4) is 0 Å². The first-order valence-corrected chi connectivity index (χ1v) is 7.36. The SMILES string of the molecule is C=CCOC(NCCN)[SiH](C)C. The molecule has 0 fully saturated rings. The predicted molar refractivity (Wildman–Crippen MR) is 55.9 cm³/mol. The number of nitrogens with one attached hydrogen (secondary N) is 1. The standard InChI is InChI=1S/C8H20N2OSi/c1-4-7-11-8(12(2)3)10-6-5-9/h4,8,10,12H,1,5-7,9H2,2-3H3. The van der Waals surface area contributed by atoms with Gasteiger partial charge in [-0.2, -0.15) is 0 Å². The van der Waals surface area contributed by atoms with E-state index in [4.69, 9.17) is 10.5 Å². The Hall–Kier alpha value is -0.163. The molecular weight excluding hydrogens is 168 g/mol. The molecule has 0 aromatic heterocycles. The van der Waals surface area contributed by atoms with Gasteiger partial charge in [0.25, 0.3) is 0 Å². The summed E-state index contributed by atoms with van der Waals surface area (Å²) in [6.07, 6.45) is 1.77. The molecule has 3 N–H and O–H groups in total. The lowest BCUT2D eigenvalue weighted by Crippen LogP contribution is -2.44. The quantitative estimate of drug-likeness (QED) is 0.338. The summed E-state index contributed by atoms with van der Waals surface area (Å²) in [5.41, 5.74) is 5.38. The Kier molecular flexibility index (Phi) is 7.38. The van der Waals surface area contributed by atoms with E-state index in [0.29, 0.717) is 13.2 Å². The van der Waals surface area contributed by atoms with Crippen LogP contribution in [0.5, 0.6) is 0 Å². The summed E-state index contributed by atoms with van der Waals surface area (Å²) in [7, 11) is -0.785. The lowest BCUT2D eigenvalue weighted by Gasteiger charge is -2.21. The minimum absolute atomic E-state index is 0.228. The van der Waals surface area contributed by atoms with Gasteiger partial charge in [0.1, 0.15) is 0 Å². The highest BCUT2D eigenvalue weighted by molar-refractivity contribution is 6.57. The van der Waals surface area contributed by atoms with Gasteiger partial charge in [-0.3, -0.25) is 5.32 Å². The second kappa shape index (κ2) is 7.48. The van der Waals surface area contributed by atoms with Crippen LogP contribution in [0, 0.1) is 0 Å². The van der Waals surface area contributed by atoms with Gasteiger partial charge in [-0.05, 0) is 0 Å². The van der Waals surface area contributed by atoms with Crippen molar-refractivity contribution in [2.45, 2.75) is 18.9 Å². The van der Waals surface area contributed by atoms with Crippen LogP contribution in [0.4, 0.5) is 0 Å². The largest absolute Gasteiger partial charge is 0.363 e. The van der Waals surface area contributed by atoms with E-state index in [9.17, 15) is 0 Å². The summed E-state index contributed by atoms with van der Waals surface area (Å²) in [6, 6.07) is 0. The van der Waals surface area contributed by atoms with Crippen LogP contribution in [0.15, 0.2) is 12.7 Å². The zero-order valence-corrected chi connectivity index (χ0v) is 9.20. The number of nitrogens with two attached hydrogens (primary N) is 1. The lowest BCUT2D eigenvalue weighted by atomic mass is 10.6. The van der Waals surface area contributed by atoms with Gasteiger partial charge in [0.05, 0.1) is 21.3 Å². The highest BCUT2D eigenvalue weighted by atomic mass is 28.3. The maximum Gasteiger partial charge on any atom is 0.0913 e. The second-order valence-electron chi connectivity index (χ2n) is 3.03.